The molecule has 154 valence electrons. The molecule has 30 heavy (non-hydrogen) atoms. The molecule has 1 atom stereocenters. The number of H-pyrrole nitrogens is 1. The lowest BCUT2D eigenvalue weighted by atomic mass is 9.98. The lowest BCUT2D eigenvalue weighted by Gasteiger charge is -2.18. The van der Waals surface area contributed by atoms with Crippen molar-refractivity contribution in [2.45, 2.75) is 31.9 Å². The molecule has 0 bridgehead atoms. The Morgan fingerprint density at radius 2 is 2.23 bits per heavy atom. The maximum Gasteiger partial charge on any atom is 0.253 e. The van der Waals surface area contributed by atoms with Gasteiger partial charge in [0.25, 0.3) is 5.91 Å². The molecule has 2 N–H and O–H groups in total. The predicted molar refractivity (Wildman–Crippen MR) is 111 cm³/mol. The van der Waals surface area contributed by atoms with Crippen LogP contribution in [0.2, 0.25) is 0 Å². The molecule has 5 heterocycles. The number of carbonyl (C=O) groups is 1. The lowest BCUT2D eigenvalue weighted by molar-refractivity contribution is 0.0854. The molecule has 0 saturated carbocycles. The normalized spacial score (nSPS) is 19.7. The van der Waals surface area contributed by atoms with Crippen LogP contribution < -0.4 is 5.32 Å². The Balaban J connectivity index is 1.39. The zero-order valence-electron chi connectivity index (χ0n) is 16.6. The molecule has 0 aliphatic carbocycles. The molecule has 6 rings (SSSR count). The number of nitrogens with one attached hydrogen (secondary N) is 2. The number of aromatic nitrogens is 2. The Hall–Kier alpha value is -3.19. The maximum atomic E-state index is 13.3. The molecular weight excluding hydrogens is 382 g/mol. The Morgan fingerprint density at radius 3 is 3.07 bits per heavy atom. The topological polar surface area (TPSA) is 77.5 Å². The molecule has 1 fully saturated rings. The number of hydrogen-bond acceptors (Lipinski definition) is 4. The minimum atomic E-state index is -0.0889. The van der Waals surface area contributed by atoms with Crippen LogP contribution in [0.5, 0.6) is 0 Å². The Morgan fingerprint density at radius 1 is 1.30 bits per heavy atom. The molecule has 3 aliphatic heterocycles. The summed E-state index contributed by atoms with van der Waals surface area (Å²) in [7, 11) is 0. The highest BCUT2D eigenvalue weighted by Crippen LogP contribution is 2.36. The molecule has 0 spiro atoms. The maximum absolute atomic E-state index is 13.3. The van der Waals surface area contributed by atoms with Crippen molar-refractivity contribution in [1.29, 1.82) is 0 Å². The molecule has 7 heteroatoms. The fourth-order valence-electron chi connectivity index (χ4n) is 4.78. The van der Waals surface area contributed by atoms with E-state index in [2.05, 4.69) is 33.1 Å². The van der Waals surface area contributed by atoms with E-state index in [1.807, 2.05) is 12.3 Å². The third-order valence-corrected chi connectivity index (χ3v) is 6.24. The Bertz CT molecular complexity index is 1170. The van der Waals surface area contributed by atoms with Gasteiger partial charge in [0.2, 0.25) is 6.79 Å². The molecule has 3 aromatic rings. The summed E-state index contributed by atoms with van der Waals surface area (Å²) >= 11 is 0. The van der Waals surface area contributed by atoms with Crippen molar-refractivity contribution in [2.24, 2.45) is 0 Å². The van der Waals surface area contributed by atoms with Gasteiger partial charge in [0.15, 0.2) is 5.76 Å². The third kappa shape index (κ3) is 2.81. The minimum absolute atomic E-state index is 0.0889. The van der Waals surface area contributed by atoms with Crippen LogP contribution in [0.25, 0.3) is 16.7 Å². The van der Waals surface area contributed by atoms with Gasteiger partial charge in [0.1, 0.15) is 6.26 Å². The van der Waals surface area contributed by atoms with Crippen molar-refractivity contribution < 1.29 is 19.0 Å². The van der Waals surface area contributed by atoms with Crippen LogP contribution in [-0.2, 0) is 27.2 Å². The van der Waals surface area contributed by atoms with Gasteiger partial charge in [-0.25, -0.2) is 0 Å². The average Bonchev–Trinajstić information content (AvgIpc) is 3.55. The standard InChI is InChI=1S/C23H23N3O4/c27-23(24-9-14-4-3-7-29-14)22-17(21-12-28-13-30-21)10-26-11-19-16(8-20(22)26)15-5-1-2-6-18(15)25-19/h1-2,5-6,10,12,14,25H,3-4,7-9,11,13H2,(H,24,27). The van der Waals surface area contributed by atoms with E-state index in [1.165, 1.54) is 16.6 Å². The van der Waals surface area contributed by atoms with Crippen LogP contribution in [0.15, 0.2) is 36.7 Å². The Kier molecular flexibility index (Phi) is 4.09. The van der Waals surface area contributed by atoms with Crippen LogP contribution >= 0.6 is 0 Å². The second kappa shape index (κ2) is 6.95. The van der Waals surface area contributed by atoms with E-state index in [1.54, 1.807) is 6.26 Å². The number of nitrogens with zero attached hydrogens (tertiary/aromatic N) is 1. The first-order valence-electron chi connectivity index (χ1n) is 10.4. The second-order valence-electron chi connectivity index (χ2n) is 8.05. The molecule has 1 amide bonds. The largest absolute Gasteiger partial charge is 0.461 e. The quantitative estimate of drug-likeness (QED) is 0.547. The number of para-hydroxylation sites is 1. The van der Waals surface area contributed by atoms with Gasteiger partial charge in [-0.15, -0.1) is 0 Å². The van der Waals surface area contributed by atoms with Crippen LogP contribution in [0, 0.1) is 0 Å². The monoisotopic (exact) mass is 405 g/mol. The second-order valence-corrected chi connectivity index (χ2v) is 8.05. The van der Waals surface area contributed by atoms with Crippen molar-refractivity contribution in [3.8, 4) is 0 Å². The zero-order chi connectivity index (χ0) is 20.1. The van der Waals surface area contributed by atoms with Crippen molar-refractivity contribution in [2.75, 3.05) is 19.9 Å². The van der Waals surface area contributed by atoms with Gasteiger partial charge in [-0.2, -0.15) is 0 Å². The zero-order valence-corrected chi connectivity index (χ0v) is 16.6. The summed E-state index contributed by atoms with van der Waals surface area (Å²) in [6, 6.07) is 8.33. The van der Waals surface area contributed by atoms with Gasteiger partial charge < -0.3 is 29.1 Å². The molecule has 2 aromatic heterocycles. The highest BCUT2D eigenvalue weighted by molar-refractivity contribution is 6.00. The van der Waals surface area contributed by atoms with Crippen LogP contribution in [0.1, 0.15) is 45.7 Å². The van der Waals surface area contributed by atoms with Crippen LogP contribution in [0.3, 0.4) is 0 Å². The number of aromatic amines is 1. The molecule has 7 nitrogen and oxygen atoms in total. The van der Waals surface area contributed by atoms with E-state index in [9.17, 15) is 4.79 Å². The van der Waals surface area contributed by atoms with E-state index in [0.29, 0.717) is 30.8 Å². The summed E-state index contributed by atoms with van der Waals surface area (Å²) in [5.41, 5.74) is 6.03. The number of carbonyl (C=O) groups excluding carboxylic acids is 1. The minimum Gasteiger partial charge on any atom is -0.461 e. The summed E-state index contributed by atoms with van der Waals surface area (Å²) in [4.78, 5) is 16.9. The number of amides is 1. The first-order valence-corrected chi connectivity index (χ1v) is 10.4. The number of fused-ring (bicyclic) bond motifs is 4. The summed E-state index contributed by atoms with van der Waals surface area (Å²) in [5.74, 6) is 0.515. The highest BCUT2D eigenvalue weighted by atomic mass is 16.7. The SMILES string of the molecule is O=C(NCC1CCCO1)c1c(C2=COCO2)cn2c1Cc1c([nH]c3ccccc13)C2. The first-order chi connectivity index (χ1) is 14.8. The van der Waals surface area contributed by atoms with Gasteiger partial charge in [-0.1, -0.05) is 18.2 Å². The van der Waals surface area contributed by atoms with Crippen molar-refractivity contribution in [3.05, 3.63) is 64.8 Å². The number of hydrogen-bond donors (Lipinski definition) is 2. The molecule has 3 aliphatic rings. The predicted octanol–water partition coefficient (Wildman–Crippen LogP) is 3.13. The molecular formula is C23H23N3O4. The Labute approximate surface area is 173 Å². The third-order valence-electron chi connectivity index (χ3n) is 6.24. The number of ether oxygens (including phenoxy) is 3. The first kappa shape index (κ1) is 17.7. The number of benzene rings is 1. The van der Waals surface area contributed by atoms with Gasteiger partial charge >= 0.3 is 0 Å². The highest BCUT2D eigenvalue weighted by Gasteiger charge is 2.31. The molecule has 0 radical (unpaired) electrons. The lowest BCUT2D eigenvalue weighted by Crippen LogP contribution is -2.33. The smallest absolute Gasteiger partial charge is 0.253 e. The fourth-order valence-corrected chi connectivity index (χ4v) is 4.78. The summed E-state index contributed by atoms with van der Waals surface area (Å²) < 4.78 is 18.7. The fraction of sp³-hybridized carbons (Fsp3) is 0.348. The van der Waals surface area contributed by atoms with E-state index < -0.39 is 0 Å². The molecule has 1 saturated heterocycles. The van der Waals surface area contributed by atoms with E-state index >= 15 is 0 Å². The summed E-state index contributed by atoms with van der Waals surface area (Å²) in [6.45, 7) is 2.17. The molecule has 1 aromatic carbocycles. The van der Waals surface area contributed by atoms with E-state index in [-0.39, 0.29) is 18.8 Å². The van der Waals surface area contributed by atoms with Gasteiger partial charge in [-0.05, 0) is 24.5 Å². The number of rotatable bonds is 4. The van der Waals surface area contributed by atoms with Crippen molar-refractivity contribution in [3.63, 3.8) is 0 Å². The van der Waals surface area contributed by atoms with Crippen molar-refractivity contribution >= 4 is 22.6 Å². The van der Waals surface area contributed by atoms with E-state index in [4.69, 9.17) is 14.2 Å². The molecule has 1 unspecified atom stereocenters. The van der Waals surface area contributed by atoms with Gasteiger partial charge in [0, 0.05) is 48.1 Å². The van der Waals surface area contributed by atoms with Crippen molar-refractivity contribution in [1.82, 2.24) is 14.9 Å². The van der Waals surface area contributed by atoms with Gasteiger partial charge in [-0.3, -0.25) is 4.79 Å². The van der Waals surface area contributed by atoms with Gasteiger partial charge in [0.05, 0.1) is 23.8 Å². The average molecular weight is 405 g/mol. The van der Waals surface area contributed by atoms with Crippen LogP contribution in [0.4, 0.5) is 0 Å². The summed E-state index contributed by atoms with van der Waals surface area (Å²) in [5, 5.41) is 4.30. The van der Waals surface area contributed by atoms with Crippen LogP contribution in [-0.4, -0.2) is 41.5 Å². The summed E-state index contributed by atoms with van der Waals surface area (Å²) in [6.07, 6.45) is 6.42. The van der Waals surface area contributed by atoms with E-state index in [0.717, 1.165) is 36.2 Å².